The van der Waals surface area contributed by atoms with E-state index >= 15 is 0 Å². The van der Waals surface area contributed by atoms with Crippen molar-refractivity contribution in [3.63, 3.8) is 0 Å². The summed E-state index contributed by atoms with van der Waals surface area (Å²) in [5, 5.41) is 0. The highest BCUT2D eigenvalue weighted by atomic mass is 16.5. The highest BCUT2D eigenvalue weighted by Gasteiger charge is 2.03. The zero-order chi connectivity index (χ0) is 11.8. The number of rotatable bonds is 7. The van der Waals surface area contributed by atoms with Crippen LogP contribution in [0.2, 0.25) is 0 Å². The van der Waals surface area contributed by atoms with Crippen LogP contribution in [0.25, 0.3) is 0 Å². The third-order valence-corrected chi connectivity index (χ3v) is 2.41. The zero-order valence-corrected chi connectivity index (χ0v) is 9.69. The summed E-state index contributed by atoms with van der Waals surface area (Å²) in [7, 11) is 0. The normalized spacial score (nSPS) is 12.3. The topological polar surface area (TPSA) is 52.3 Å². The minimum Gasteiger partial charge on any atom is -0.374 e. The molecule has 0 radical (unpaired) electrons. The Morgan fingerprint density at radius 1 is 1.38 bits per heavy atom. The number of carbonyl (C=O) groups excluding carboxylic acids is 1. The SMILES string of the molecule is CC(CCCC(N)=O)OCc1ccccc1. The number of ether oxygens (including phenoxy) is 1. The average molecular weight is 221 g/mol. The van der Waals surface area contributed by atoms with Crippen LogP contribution in [0.5, 0.6) is 0 Å². The quantitative estimate of drug-likeness (QED) is 0.767. The maximum absolute atomic E-state index is 10.5. The molecule has 0 fully saturated rings. The van der Waals surface area contributed by atoms with Gasteiger partial charge in [-0.3, -0.25) is 4.79 Å². The Morgan fingerprint density at radius 3 is 2.69 bits per heavy atom. The van der Waals surface area contributed by atoms with E-state index in [9.17, 15) is 4.79 Å². The minimum absolute atomic E-state index is 0.166. The van der Waals surface area contributed by atoms with E-state index in [4.69, 9.17) is 10.5 Å². The van der Waals surface area contributed by atoms with E-state index in [0.29, 0.717) is 13.0 Å². The van der Waals surface area contributed by atoms with E-state index in [1.807, 2.05) is 37.3 Å². The molecule has 0 spiro atoms. The van der Waals surface area contributed by atoms with Crippen molar-refractivity contribution in [2.45, 2.75) is 38.9 Å². The van der Waals surface area contributed by atoms with Crippen molar-refractivity contribution >= 4 is 5.91 Å². The van der Waals surface area contributed by atoms with Crippen molar-refractivity contribution < 1.29 is 9.53 Å². The van der Waals surface area contributed by atoms with Crippen molar-refractivity contribution in [3.8, 4) is 0 Å². The summed E-state index contributed by atoms with van der Waals surface area (Å²) >= 11 is 0. The number of nitrogens with two attached hydrogens (primary N) is 1. The molecule has 0 aliphatic carbocycles. The molecule has 16 heavy (non-hydrogen) atoms. The van der Waals surface area contributed by atoms with E-state index < -0.39 is 0 Å². The van der Waals surface area contributed by atoms with Crippen molar-refractivity contribution in [1.29, 1.82) is 0 Å². The molecule has 1 rings (SSSR count). The van der Waals surface area contributed by atoms with Crippen LogP contribution in [0, 0.1) is 0 Å². The average Bonchev–Trinajstić information content (AvgIpc) is 2.27. The van der Waals surface area contributed by atoms with Gasteiger partial charge in [0.2, 0.25) is 5.91 Å². The second-order valence-electron chi connectivity index (χ2n) is 3.97. The largest absolute Gasteiger partial charge is 0.374 e. The highest BCUT2D eigenvalue weighted by Crippen LogP contribution is 2.08. The monoisotopic (exact) mass is 221 g/mol. The summed E-state index contributed by atoms with van der Waals surface area (Å²) in [6.45, 7) is 2.64. The zero-order valence-electron chi connectivity index (χ0n) is 9.69. The Bertz CT molecular complexity index is 311. The van der Waals surface area contributed by atoms with Gasteiger partial charge in [-0.05, 0) is 25.3 Å². The first kappa shape index (κ1) is 12.7. The smallest absolute Gasteiger partial charge is 0.217 e. The van der Waals surface area contributed by atoms with Gasteiger partial charge in [-0.25, -0.2) is 0 Å². The molecule has 2 N–H and O–H groups in total. The summed E-state index contributed by atoms with van der Waals surface area (Å²) < 4.78 is 5.66. The number of hydrogen-bond acceptors (Lipinski definition) is 2. The molecule has 0 aliphatic rings. The minimum atomic E-state index is -0.241. The molecule has 0 saturated carbocycles. The number of primary amides is 1. The van der Waals surface area contributed by atoms with E-state index in [2.05, 4.69) is 0 Å². The molecular weight excluding hydrogens is 202 g/mol. The molecule has 0 aromatic heterocycles. The lowest BCUT2D eigenvalue weighted by Crippen LogP contribution is -2.13. The van der Waals surface area contributed by atoms with Crippen LogP contribution >= 0.6 is 0 Å². The predicted octanol–water partition coefficient (Wildman–Crippen LogP) is 2.25. The molecule has 1 atom stereocenters. The number of hydrogen-bond donors (Lipinski definition) is 1. The number of amides is 1. The third kappa shape index (κ3) is 5.51. The van der Waals surface area contributed by atoms with Gasteiger partial charge in [-0.15, -0.1) is 0 Å². The lowest BCUT2D eigenvalue weighted by Gasteiger charge is -2.12. The molecule has 1 aromatic rings. The maximum Gasteiger partial charge on any atom is 0.217 e. The van der Waals surface area contributed by atoms with Crippen molar-refractivity contribution in [3.05, 3.63) is 35.9 Å². The molecule has 0 saturated heterocycles. The molecule has 3 nitrogen and oxygen atoms in total. The van der Waals surface area contributed by atoms with Gasteiger partial charge in [0.05, 0.1) is 12.7 Å². The molecule has 0 bridgehead atoms. The van der Waals surface area contributed by atoms with Gasteiger partial charge in [0.1, 0.15) is 0 Å². The van der Waals surface area contributed by atoms with Crippen LogP contribution in [0.3, 0.4) is 0 Å². The third-order valence-electron chi connectivity index (χ3n) is 2.41. The first-order valence-electron chi connectivity index (χ1n) is 5.62. The fourth-order valence-corrected chi connectivity index (χ4v) is 1.46. The van der Waals surface area contributed by atoms with Gasteiger partial charge in [0.25, 0.3) is 0 Å². The van der Waals surface area contributed by atoms with E-state index in [0.717, 1.165) is 12.8 Å². The van der Waals surface area contributed by atoms with Gasteiger partial charge < -0.3 is 10.5 Å². The van der Waals surface area contributed by atoms with Crippen molar-refractivity contribution in [1.82, 2.24) is 0 Å². The van der Waals surface area contributed by atoms with E-state index in [1.165, 1.54) is 5.56 Å². The molecule has 0 heterocycles. The van der Waals surface area contributed by atoms with Crippen molar-refractivity contribution in [2.75, 3.05) is 0 Å². The van der Waals surface area contributed by atoms with E-state index in [-0.39, 0.29) is 12.0 Å². The molecule has 88 valence electrons. The second kappa shape index (κ2) is 7.01. The summed E-state index contributed by atoms with van der Waals surface area (Å²) in [6, 6.07) is 10.1. The Morgan fingerprint density at radius 2 is 2.06 bits per heavy atom. The Hall–Kier alpha value is -1.35. The Balaban J connectivity index is 2.15. The summed E-state index contributed by atoms with van der Waals surface area (Å²) in [5.74, 6) is -0.241. The number of benzene rings is 1. The molecular formula is C13H19NO2. The highest BCUT2D eigenvalue weighted by molar-refractivity contribution is 5.73. The van der Waals surface area contributed by atoms with Crippen LogP contribution in [0.4, 0.5) is 0 Å². The van der Waals surface area contributed by atoms with Gasteiger partial charge in [0.15, 0.2) is 0 Å². The summed E-state index contributed by atoms with van der Waals surface area (Å²) in [5.41, 5.74) is 6.23. The van der Waals surface area contributed by atoms with Gasteiger partial charge in [-0.1, -0.05) is 30.3 Å². The van der Waals surface area contributed by atoms with Crippen LogP contribution in [-0.4, -0.2) is 12.0 Å². The van der Waals surface area contributed by atoms with Crippen LogP contribution in [-0.2, 0) is 16.1 Å². The standard InChI is InChI=1S/C13H19NO2/c1-11(6-5-9-13(14)15)16-10-12-7-3-2-4-8-12/h2-4,7-8,11H,5-6,9-10H2,1H3,(H2,14,15). The first-order valence-corrected chi connectivity index (χ1v) is 5.62. The lowest BCUT2D eigenvalue weighted by molar-refractivity contribution is -0.118. The summed E-state index contributed by atoms with van der Waals surface area (Å²) in [6.07, 6.45) is 2.28. The molecule has 1 amide bonds. The Kier molecular flexibility index (Phi) is 5.57. The fraction of sp³-hybridized carbons (Fsp3) is 0.462. The molecule has 0 aliphatic heterocycles. The fourth-order valence-electron chi connectivity index (χ4n) is 1.46. The van der Waals surface area contributed by atoms with Crippen molar-refractivity contribution in [2.24, 2.45) is 5.73 Å². The van der Waals surface area contributed by atoms with E-state index in [1.54, 1.807) is 0 Å². The first-order chi connectivity index (χ1) is 7.68. The summed E-state index contributed by atoms with van der Waals surface area (Å²) in [4.78, 5) is 10.5. The molecule has 1 aromatic carbocycles. The lowest BCUT2D eigenvalue weighted by atomic mass is 10.1. The maximum atomic E-state index is 10.5. The Labute approximate surface area is 96.6 Å². The predicted molar refractivity (Wildman–Crippen MR) is 63.7 cm³/mol. The molecule has 1 unspecified atom stereocenters. The van der Waals surface area contributed by atoms with Gasteiger partial charge in [-0.2, -0.15) is 0 Å². The van der Waals surface area contributed by atoms with Crippen LogP contribution in [0.15, 0.2) is 30.3 Å². The van der Waals surface area contributed by atoms with Crippen LogP contribution < -0.4 is 5.73 Å². The van der Waals surface area contributed by atoms with Crippen LogP contribution in [0.1, 0.15) is 31.7 Å². The number of carbonyl (C=O) groups is 1. The van der Waals surface area contributed by atoms with Gasteiger partial charge >= 0.3 is 0 Å². The molecule has 3 heteroatoms. The second-order valence-corrected chi connectivity index (χ2v) is 3.97. The van der Waals surface area contributed by atoms with Gasteiger partial charge in [0, 0.05) is 6.42 Å².